The van der Waals surface area contributed by atoms with Crippen LogP contribution in [0.4, 0.5) is 0 Å². The lowest BCUT2D eigenvalue weighted by atomic mass is 10.1. The Morgan fingerprint density at radius 1 is 1.14 bits per heavy atom. The first-order valence-electron chi connectivity index (χ1n) is 9.36. The van der Waals surface area contributed by atoms with Crippen LogP contribution in [0.25, 0.3) is 11.0 Å². The molecule has 0 saturated carbocycles. The van der Waals surface area contributed by atoms with Crippen molar-refractivity contribution in [2.24, 2.45) is 0 Å². The van der Waals surface area contributed by atoms with Crippen molar-refractivity contribution in [2.45, 2.75) is 18.5 Å². The van der Waals surface area contributed by atoms with E-state index in [4.69, 9.17) is 14.2 Å². The lowest BCUT2D eigenvalue weighted by Crippen LogP contribution is -2.27. The summed E-state index contributed by atoms with van der Waals surface area (Å²) in [5, 5.41) is 3.65. The Bertz CT molecular complexity index is 974. The number of carbonyl (C=O) groups excluding carboxylic acids is 1. The monoisotopic (exact) mass is 415 g/mol. The van der Waals surface area contributed by atoms with Crippen molar-refractivity contribution >= 4 is 28.7 Å². The van der Waals surface area contributed by atoms with Crippen molar-refractivity contribution in [3.63, 3.8) is 0 Å². The third kappa shape index (κ3) is 5.57. The van der Waals surface area contributed by atoms with Crippen molar-refractivity contribution in [3.05, 3.63) is 42.0 Å². The van der Waals surface area contributed by atoms with Crippen LogP contribution in [-0.2, 0) is 11.2 Å². The number of benzene rings is 2. The summed E-state index contributed by atoms with van der Waals surface area (Å²) in [6.07, 6.45) is 0.710. The van der Waals surface area contributed by atoms with E-state index in [-0.39, 0.29) is 5.91 Å². The Kier molecular flexibility index (Phi) is 7.24. The van der Waals surface area contributed by atoms with Crippen LogP contribution in [0.5, 0.6) is 17.2 Å². The number of methoxy groups -OCH3 is 2. The van der Waals surface area contributed by atoms with Gasteiger partial charge < -0.3 is 24.5 Å². The number of aromatic nitrogens is 2. The van der Waals surface area contributed by atoms with Crippen LogP contribution < -0.4 is 19.5 Å². The summed E-state index contributed by atoms with van der Waals surface area (Å²) in [4.78, 5) is 19.9. The zero-order chi connectivity index (χ0) is 20.6. The van der Waals surface area contributed by atoms with Gasteiger partial charge in [0.2, 0.25) is 5.91 Å². The smallest absolute Gasteiger partial charge is 0.230 e. The third-order valence-corrected chi connectivity index (χ3v) is 5.14. The molecule has 2 aromatic carbocycles. The second-order valence-corrected chi connectivity index (χ2v) is 7.20. The highest BCUT2D eigenvalue weighted by atomic mass is 32.2. The van der Waals surface area contributed by atoms with E-state index in [1.54, 1.807) is 14.2 Å². The number of thioether (sulfide) groups is 1. The SMILES string of the molecule is CCOc1ccc2nc(SCC(=O)NCCc3ccc(OC)c(OC)c3)[nH]c2c1. The highest BCUT2D eigenvalue weighted by Gasteiger charge is 2.09. The Labute approximate surface area is 174 Å². The summed E-state index contributed by atoms with van der Waals surface area (Å²) in [6, 6.07) is 11.5. The average Bonchev–Trinajstić information content (AvgIpc) is 3.14. The number of nitrogens with one attached hydrogen (secondary N) is 2. The fraction of sp³-hybridized carbons (Fsp3) is 0.333. The molecule has 1 heterocycles. The minimum atomic E-state index is -0.0362. The van der Waals surface area contributed by atoms with Gasteiger partial charge in [0.15, 0.2) is 16.7 Å². The molecule has 0 aliphatic rings. The highest BCUT2D eigenvalue weighted by molar-refractivity contribution is 7.99. The zero-order valence-corrected chi connectivity index (χ0v) is 17.6. The molecule has 0 atom stereocenters. The van der Waals surface area contributed by atoms with E-state index in [9.17, 15) is 4.79 Å². The third-order valence-electron chi connectivity index (χ3n) is 4.27. The standard InChI is InChI=1S/C21H25N3O4S/c1-4-28-15-6-7-16-17(12-15)24-21(23-16)29-13-20(25)22-10-9-14-5-8-18(26-2)19(11-14)27-3/h5-8,11-12H,4,9-10,13H2,1-3H3,(H,22,25)(H,23,24). The number of imidazole rings is 1. The molecule has 0 radical (unpaired) electrons. The maximum absolute atomic E-state index is 12.1. The molecule has 1 aromatic heterocycles. The summed E-state index contributed by atoms with van der Waals surface area (Å²) in [5.74, 6) is 2.43. The first-order valence-corrected chi connectivity index (χ1v) is 10.3. The summed E-state index contributed by atoms with van der Waals surface area (Å²) in [7, 11) is 3.21. The van der Waals surface area contributed by atoms with Crippen LogP contribution in [0.2, 0.25) is 0 Å². The van der Waals surface area contributed by atoms with E-state index in [1.807, 2.05) is 43.3 Å². The molecule has 0 saturated heterocycles. The molecular weight excluding hydrogens is 390 g/mol. The molecule has 0 fully saturated rings. The van der Waals surface area contributed by atoms with E-state index in [1.165, 1.54) is 11.8 Å². The van der Waals surface area contributed by atoms with Gasteiger partial charge in [-0.25, -0.2) is 4.98 Å². The van der Waals surface area contributed by atoms with Crippen LogP contribution in [0.3, 0.4) is 0 Å². The maximum Gasteiger partial charge on any atom is 0.230 e. The molecule has 0 aliphatic heterocycles. The van der Waals surface area contributed by atoms with Gasteiger partial charge in [-0.1, -0.05) is 17.8 Å². The first kappa shape index (κ1) is 20.9. The van der Waals surface area contributed by atoms with E-state index in [2.05, 4.69) is 15.3 Å². The second kappa shape index (κ2) is 10.1. The normalized spacial score (nSPS) is 10.7. The maximum atomic E-state index is 12.1. The number of H-pyrrole nitrogens is 1. The molecule has 154 valence electrons. The fourth-order valence-corrected chi connectivity index (χ4v) is 3.57. The van der Waals surface area contributed by atoms with Crippen LogP contribution in [0.1, 0.15) is 12.5 Å². The van der Waals surface area contributed by atoms with E-state index in [0.717, 1.165) is 22.3 Å². The number of hydrogen-bond donors (Lipinski definition) is 2. The lowest BCUT2D eigenvalue weighted by Gasteiger charge is -2.10. The Morgan fingerprint density at radius 2 is 1.97 bits per heavy atom. The van der Waals surface area contributed by atoms with Gasteiger partial charge in [0, 0.05) is 12.6 Å². The summed E-state index contributed by atoms with van der Waals surface area (Å²) >= 11 is 1.37. The van der Waals surface area contributed by atoms with E-state index >= 15 is 0 Å². The van der Waals surface area contributed by atoms with Gasteiger partial charge in [0.05, 0.1) is 37.6 Å². The Balaban J connectivity index is 1.47. The predicted molar refractivity (Wildman–Crippen MR) is 114 cm³/mol. The molecule has 0 bridgehead atoms. The minimum Gasteiger partial charge on any atom is -0.494 e. The van der Waals surface area contributed by atoms with Crippen molar-refractivity contribution in [1.29, 1.82) is 0 Å². The molecule has 8 heteroatoms. The average molecular weight is 416 g/mol. The van der Waals surface area contributed by atoms with Crippen LogP contribution in [0, 0.1) is 0 Å². The van der Waals surface area contributed by atoms with Crippen LogP contribution in [-0.4, -0.2) is 49.0 Å². The van der Waals surface area contributed by atoms with Gasteiger partial charge in [-0.05, 0) is 43.2 Å². The molecule has 0 spiro atoms. The number of rotatable bonds is 10. The molecule has 2 N–H and O–H groups in total. The molecule has 0 aliphatic carbocycles. The van der Waals surface area contributed by atoms with Gasteiger partial charge in [0.1, 0.15) is 5.75 Å². The van der Waals surface area contributed by atoms with Gasteiger partial charge in [-0.2, -0.15) is 0 Å². The molecule has 29 heavy (non-hydrogen) atoms. The Morgan fingerprint density at radius 3 is 2.72 bits per heavy atom. The molecule has 3 rings (SSSR count). The van der Waals surface area contributed by atoms with Gasteiger partial charge in [0.25, 0.3) is 0 Å². The van der Waals surface area contributed by atoms with E-state index < -0.39 is 0 Å². The number of nitrogens with zero attached hydrogens (tertiary/aromatic N) is 1. The first-order chi connectivity index (χ1) is 14.1. The van der Waals surface area contributed by atoms with Gasteiger partial charge in [-0.3, -0.25) is 4.79 Å². The topological polar surface area (TPSA) is 85.5 Å². The largest absolute Gasteiger partial charge is 0.494 e. The molecule has 3 aromatic rings. The van der Waals surface area contributed by atoms with Crippen LogP contribution >= 0.6 is 11.8 Å². The fourth-order valence-electron chi connectivity index (χ4n) is 2.86. The summed E-state index contributed by atoms with van der Waals surface area (Å²) in [5.41, 5.74) is 2.81. The van der Waals surface area contributed by atoms with Gasteiger partial charge >= 0.3 is 0 Å². The number of fused-ring (bicyclic) bond motifs is 1. The number of amides is 1. The second-order valence-electron chi connectivity index (χ2n) is 6.23. The number of aromatic amines is 1. The molecule has 7 nitrogen and oxygen atoms in total. The van der Waals surface area contributed by atoms with E-state index in [0.29, 0.717) is 42.0 Å². The molecule has 1 amide bonds. The quantitative estimate of drug-likeness (QED) is 0.494. The molecule has 0 unspecified atom stereocenters. The number of hydrogen-bond acceptors (Lipinski definition) is 6. The minimum absolute atomic E-state index is 0.0362. The number of ether oxygens (including phenoxy) is 3. The van der Waals surface area contributed by atoms with Crippen molar-refractivity contribution in [1.82, 2.24) is 15.3 Å². The predicted octanol–water partition coefficient (Wildman–Crippen LogP) is 3.43. The molecular formula is C21H25N3O4S. The van der Waals surface area contributed by atoms with Crippen molar-refractivity contribution in [3.8, 4) is 17.2 Å². The van der Waals surface area contributed by atoms with Crippen molar-refractivity contribution < 1.29 is 19.0 Å². The summed E-state index contributed by atoms with van der Waals surface area (Å²) < 4.78 is 16.0. The van der Waals surface area contributed by atoms with Crippen LogP contribution in [0.15, 0.2) is 41.6 Å². The van der Waals surface area contributed by atoms with Gasteiger partial charge in [-0.15, -0.1) is 0 Å². The highest BCUT2D eigenvalue weighted by Crippen LogP contribution is 2.27. The zero-order valence-electron chi connectivity index (χ0n) is 16.8. The van der Waals surface area contributed by atoms with Crippen molar-refractivity contribution in [2.75, 3.05) is 33.1 Å². The lowest BCUT2D eigenvalue weighted by molar-refractivity contribution is -0.118. The summed E-state index contributed by atoms with van der Waals surface area (Å²) in [6.45, 7) is 3.11. The Hall–Kier alpha value is -2.87. The number of carbonyl (C=O) groups is 1.